The van der Waals surface area contributed by atoms with Gasteiger partial charge in [-0.25, -0.2) is 4.98 Å². The molecular weight excluding hydrogens is 286 g/mol. The highest BCUT2D eigenvalue weighted by atomic mass is 35.5. The molecule has 5 heteroatoms. The van der Waals surface area contributed by atoms with E-state index in [2.05, 4.69) is 14.9 Å². The lowest BCUT2D eigenvalue weighted by Crippen LogP contribution is -2.29. The summed E-state index contributed by atoms with van der Waals surface area (Å²) in [5, 5.41) is 13.9. The first-order valence-electron chi connectivity index (χ1n) is 7.63. The van der Waals surface area contributed by atoms with Gasteiger partial charge >= 0.3 is 0 Å². The van der Waals surface area contributed by atoms with Gasteiger partial charge in [-0.2, -0.15) is 0 Å². The van der Waals surface area contributed by atoms with Crippen LogP contribution < -0.4 is 5.32 Å². The topological polar surface area (TPSA) is 50.1 Å². The predicted octanol–water partition coefficient (Wildman–Crippen LogP) is 2.87. The van der Waals surface area contributed by atoms with E-state index in [1.807, 2.05) is 25.2 Å². The zero-order chi connectivity index (χ0) is 14.8. The van der Waals surface area contributed by atoms with E-state index in [1.54, 1.807) is 0 Å². The lowest BCUT2D eigenvalue weighted by Gasteiger charge is -2.25. The second-order valence-electron chi connectivity index (χ2n) is 6.04. The van der Waals surface area contributed by atoms with Crippen molar-refractivity contribution in [1.29, 1.82) is 0 Å². The first kappa shape index (κ1) is 14.8. The van der Waals surface area contributed by atoms with Crippen LogP contribution >= 0.6 is 11.6 Å². The van der Waals surface area contributed by atoms with Crippen LogP contribution in [0.2, 0.25) is 5.02 Å². The molecule has 0 bridgehead atoms. The average molecular weight is 308 g/mol. The Bertz CT molecular complexity index is 625. The Morgan fingerprint density at radius 1 is 1.43 bits per heavy atom. The maximum absolute atomic E-state index is 9.70. The molecule has 2 atom stereocenters. The highest BCUT2D eigenvalue weighted by Crippen LogP contribution is 2.24. The zero-order valence-corrected chi connectivity index (χ0v) is 13.1. The van der Waals surface area contributed by atoms with Gasteiger partial charge in [0.1, 0.15) is 5.82 Å². The van der Waals surface area contributed by atoms with Crippen molar-refractivity contribution in [1.82, 2.24) is 14.9 Å². The number of hydrogen-bond donors (Lipinski definition) is 2. The van der Waals surface area contributed by atoms with Crippen molar-refractivity contribution >= 4 is 22.6 Å². The van der Waals surface area contributed by atoms with E-state index in [9.17, 15) is 5.11 Å². The van der Waals surface area contributed by atoms with Gasteiger partial charge in [0.2, 0.25) is 0 Å². The van der Waals surface area contributed by atoms with E-state index in [-0.39, 0.29) is 6.10 Å². The van der Waals surface area contributed by atoms with Crippen LogP contribution in [0.4, 0.5) is 0 Å². The summed E-state index contributed by atoms with van der Waals surface area (Å²) in [4.78, 5) is 4.64. The number of rotatable bonds is 4. The number of nitrogens with one attached hydrogen (secondary N) is 1. The van der Waals surface area contributed by atoms with Crippen LogP contribution in [0.25, 0.3) is 11.0 Å². The molecule has 0 radical (unpaired) electrons. The molecule has 1 aliphatic carbocycles. The molecule has 1 saturated carbocycles. The van der Waals surface area contributed by atoms with Gasteiger partial charge in [-0.15, -0.1) is 0 Å². The fraction of sp³-hybridized carbons (Fsp3) is 0.562. The first-order chi connectivity index (χ1) is 10.1. The Morgan fingerprint density at radius 3 is 3.10 bits per heavy atom. The van der Waals surface area contributed by atoms with Crippen molar-refractivity contribution in [2.75, 3.05) is 6.54 Å². The van der Waals surface area contributed by atoms with Gasteiger partial charge in [0.25, 0.3) is 0 Å². The van der Waals surface area contributed by atoms with Crippen molar-refractivity contribution in [3.8, 4) is 0 Å². The Hall–Kier alpha value is -1.10. The third-order valence-corrected chi connectivity index (χ3v) is 4.64. The number of benzene rings is 1. The third kappa shape index (κ3) is 3.39. The minimum Gasteiger partial charge on any atom is -0.393 e. The number of hydrogen-bond acceptors (Lipinski definition) is 3. The molecule has 0 saturated heterocycles. The summed E-state index contributed by atoms with van der Waals surface area (Å²) in [6, 6.07) is 5.80. The summed E-state index contributed by atoms with van der Waals surface area (Å²) < 4.78 is 2.11. The highest BCUT2D eigenvalue weighted by molar-refractivity contribution is 6.31. The normalized spacial score (nSPS) is 22.8. The molecule has 3 rings (SSSR count). The lowest BCUT2D eigenvalue weighted by atomic mass is 9.87. The number of aliphatic hydroxyl groups excluding tert-OH is 1. The third-order valence-electron chi connectivity index (χ3n) is 4.41. The molecule has 114 valence electrons. The number of halogens is 1. The van der Waals surface area contributed by atoms with Crippen molar-refractivity contribution in [2.45, 2.75) is 38.3 Å². The molecule has 2 aromatic rings. The molecule has 0 aliphatic heterocycles. The van der Waals surface area contributed by atoms with Crippen LogP contribution in [0.5, 0.6) is 0 Å². The van der Waals surface area contributed by atoms with Crippen LogP contribution in [-0.2, 0) is 13.6 Å². The van der Waals surface area contributed by atoms with Crippen molar-refractivity contribution in [3.63, 3.8) is 0 Å². The molecule has 2 unspecified atom stereocenters. The Balaban J connectivity index is 1.61. The summed E-state index contributed by atoms with van der Waals surface area (Å²) >= 11 is 6.01. The van der Waals surface area contributed by atoms with Crippen LogP contribution in [0, 0.1) is 5.92 Å². The summed E-state index contributed by atoms with van der Waals surface area (Å²) in [7, 11) is 2.03. The van der Waals surface area contributed by atoms with Crippen molar-refractivity contribution in [2.24, 2.45) is 13.0 Å². The molecule has 1 aromatic heterocycles. The van der Waals surface area contributed by atoms with Crippen molar-refractivity contribution in [3.05, 3.63) is 29.0 Å². The van der Waals surface area contributed by atoms with E-state index in [0.717, 1.165) is 54.2 Å². The quantitative estimate of drug-likeness (QED) is 0.913. The molecule has 1 fully saturated rings. The van der Waals surface area contributed by atoms with Gasteiger partial charge in [-0.05, 0) is 49.9 Å². The van der Waals surface area contributed by atoms with Crippen molar-refractivity contribution < 1.29 is 5.11 Å². The summed E-state index contributed by atoms with van der Waals surface area (Å²) in [5.41, 5.74) is 2.04. The maximum Gasteiger partial charge on any atom is 0.123 e. The number of nitrogens with zero attached hydrogens (tertiary/aromatic N) is 2. The Labute approximate surface area is 130 Å². The minimum atomic E-state index is -0.108. The van der Waals surface area contributed by atoms with E-state index in [4.69, 9.17) is 11.6 Å². The van der Waals surface area contributed by atoms with E-state index in [0.29, 0.717) is 5.92 Å². The van der Waals surface area contributed by atoms with E-state index < -0.39 is 0 Å². The molecule has 0 spiro atoms. The SMILES string of the molecule is Cn1c(CNCC2CCCC(O)C2)nc2cc(Cl)ccc21. The number of aryl methyl sites for hydroxylation is 1. The molecule has 1 aromatic carbocycles. The molecule has 2 N–H and O–H groups in total. The summed E-state index contributed by atoms with van der Waals surface area (Å²) in [5.74, 6) is 1.60. The fourth-order valence-corrected chi connectivity index (χ4v) is 3.38. The number of fused-ring (bicyclic) bond motifs is 1. The van der Waals surface area contributed by atoms with Crippen LogP contribution in [0.3, 0.4) is 0 Å². The Morgan fingerprint density at radius 2 is 2.29 bits per heavy atom. The number of aliphatic hydroxyl groups is 1. The van der Waals surface area contributed by atoms with Gasteiger partial charge < -0.3 is 15.0 Å². The maximum atomic E-state index is 9.70. The van der Waals surface area contributed by atoms with Gasteiger partial charge in [0.15, 0.2) is 0 Å². The molecule has 1 heterocycles. The molecule has 0 amide bonds. The van der Waals surface area contributed by atoms with Crippen LogP contribution in [0.15, 0.2) is 18.2 Å². The van der Waals surface area contributed by atoms with Gasteiger partial charge in [-0.3, -0.25) is 0 Å². The minimum absolute atomic E-state index is 0.108. The average Bonchev–Trinajstić information content (AvgIpc) is 2.75. The first-order valence-corrected chi connectivity index (χ1v) is 8.01. The fourth-order valence-electron chi connectivity index (χ4n) is 3.22. The number of imidazole rings is 1. The summed E-state index contributed by atoms with van der Waals surface area (Å²) in [6.07, 6.45) is 4.12. The molecule has 1 aliphatic rings. The second-order valence-corrected chi connectivity index (χ2v) is 6.47. The largest absolute Gasteiger partial charge is 0.393 e. The monoisotopic (exact) mass is 307 g/mol. The van der Waals surface area contributed by atoms with Gasteiger partial charge in [0, 0.05) is 12.1 Å². The smallest absolute Gasteiger partial charge is 0.123 e. The second kappa shape index (κ2) is 6.34. The molecule has 4 nitrogen and oxygen atoms in total. The highest BCUT2D eigenvalue weighted by Gasteiger charge is 2.19. The predicted molar refractivity (Wildman–Crippen MR) is 85.4 cm³/mol. The van der Waals surface area contributed by atoms with Gasteiger partial charge in [-0.1, -0.05) is 18.0 Å². The van der Waals surface area contributed by atoms with Gasteiger partial charge in [0.05, 0.1) is 23.7 Å². The zero-order valence-electron chi connectivity index (χ0n) is 12.3. The summed E-state index contributed by atoms with van der Waals surface area (Å²) in [6.45, 7) is 1.69. The molecule has 21 heavy (non-hydrogen) atoms. The standard InChI is InChI=1S/C16H22ClN3O/c1-20-15-6-5-12(17)8-14(15)19-16(20)10-18-9-11-3-2-4-13(21)7-11/h5-6,8,11,13,18,21H,2-4,7,9-10H2,1H3. The Kier molecular flexibility index (Phi) is 4.48. The van der Waals surface area contributed by atoms with Crippen LogP contribution in [-0.4, -0.2) is 27.3 Å². The van der Waals surface area contributed by atoms with Crippen LogP contribution in [0.1, 0.15) is 31.5 Å². The van der Waals surface area contributed by atoms with E-state index in [1.165, 1.54) is 6.42 Å². The number of aromatic nitrogens is 2. The van der Waals surface area contributed by atoms with E-state index >= 15 is 0 Å². The lowest BCUT2D eigenvalue weighted by molar-refractivity contribution is 0.100. The molecular formula is C16H22ClN3O.